The van der Waals surface area contributed by atoms with Gasteiger partial charge >= 0.3 is 5.97 Å². The summed E-state index contributed by atoms with van der Waals surface area (Å²) in [7, 11) is 0. The van der Waals surface area contributed by atoms with Gasteiger partial charge in [0.1, 0.15) is 12.4 Å². The second kappa shape index (κ2) is 5.41. The van der Waals surface area contributed by atoms with Crippen LogP contribution < -0.4 is 4.74 Å². The first kappa shape index (κ1) is 14.0. The predicted molar refractivity (Wildman–Crippen MR) is 80.8 cm³/mol. The third kappa shape index (κ3) is 2.74. The van der Waals surface area contributed by atoms with Gasteiger partial charge in [-0.2, -0.15) is 0 Å². The summed E-state index contributed by atoms with van der Waals surface area (Å²) < 4.78 is 5.74. The third-order valence-electron chi connectivity index (χ3n) is 3.88. The largest absolute Gasteiger partial charge is 0.487 e. The lowest BCUT2D eigenvalue weighted by atomic mass is 9.96. The Labute approximate surface area is 128 Å². The maximum Gasteiger partial charge on any atom is 0.314 e. The van der Waals surface area contributed by atoms with Crippen molar-refractivity contribution in [3.05, 3.63) is 64.7 Å². The lowest BCUT2D eigenvalue weighted by molar-refractivity contribution is -0.140. The van der Waals surface area contributed by atoms with E-state index >= 15 is 0 Å². The number of benzene rings is 2. The minimum absolute atomic E-state index is 0.407. The molecule has 1 N–H and O–H groups in total. The number of hydrogen-bond donors (Lipinski definition) is 1. The highest BCUT2D eigenvalue weighted by atomic mass is 35.5. The van der Waals surface area contributed by atoms with Gasteiger partial charge in [0, 0.05) is 0 Å². The zero-order chi connectivity index (χ0) is 14.9. The van der Waals surface area contributed by atoms with Crippen LogP contribution in [0, 0.1) is 0 Å². The fraction of sp³-hybridized carbons (Fsp3) is 0.235. The topological polar surface area (TPSA) is 46.5 Å². The Morgan fingerprint density at radius 1 is 1.19 bits per heavy atom. The van der Waals surface area contributed by atoms with Crippen LogP contribution in [0.15, 0.2) is 48.5 Å². The molecule has 108 valence electrons. The first-order valence-corrected chi connectivity index (χ1v) is 7.20. The Morgan fingerprint density at radius 2 is 1.90 bits per heavy atom. The van der Waals surface area contributed by atoms with Gasteiger partial charge in [-0.05, 0) is 36.1 Å². The molecule has 1 saturated carbocycles. The summed E-state index contributed by atoms with van der Waals surface area (Å²) in [6, 6.07) is 15.0. The molecule has 2 aromatic carbocycles. The van der Waals surface area contributed by atoms with E-state index < -0.39 is 11.4 Å². The molecule has 4 heteroatoms. The van der Waals surface area contributed by atoms with Crippen LogP contribution in [0.3, 0.4) is 0 Å². The monoisotopic (exact) mass is 302 g/mol. The number of rotatable bonds is 5. The van der Waals surface area contributed by atoms with E-state index in [1.54, 1.807) is 18.2 Å². The highest BCUT2D eigenvalue weighted by molar-refractivity contribution is 6.32. The minimum Gasteiger partial charge on any atom is -0.487 e. The number of carboxylic acid groups (broad SMARTS) is 1. The number of carboxylic acids is 1. The Bertz CT molecular complexity index is 663. The maximum atomic E-state index is 11.4. The van der Waals surface area contributed by atoms with Gasteiger partial charge in [-0.3, -0.25) is 4.79 Å². The van der Waals surface area contributed by atoms with Crippen LogP contribution in [-0.4, -0.2) is 11.1 Å². The average molecular weight is 303 g/mol. The van der Waals surface area contributed by atoms with Gasteiger partial charge in [0.15, 0.2) is 0 Å². The number of hydrogen-bond acceptors (Lipinski definition) is 2. The molecule has 0 saturated heterocycles. The Balaban J connectivity index is 1.81. The van der Waals surface area contributed by atoms with Crippen molar-refractivity contribution in [3.63, 3.8) is 0 Å². The zero-order valence-electron chi connectivity index (χ0n) is 11.4. The molecule has 0 amide bonds. The van der Waals surface area contributed by atoms with Gasteiger partial charge < -0.3 is 9.84 Å². The van der Waals surface area contributed by atoms with Gasteiger partial charge in [-0.1, -0.05) is 48.0 Å². The molecule has 1 fully saturated rings. The van der Waals surface area contributed by atoms with Crippen LogP contribution >= 0.6 is 11.6 Å². The van der Waals surface area contributed by atoms with E-state index in [0.29, 0.717) is 30.2 Å². The van der Waals surface area contributed by atoms with Gasteiger partial charge in [0.2, 0.25) is 0 Å². The van der Waals surface area contributed by atoms with Crippen LogP contribution in [-0.2, 0) is 16.8 Å². The van der Waals surface area contributed by atoms with Crippen molar-refractivity contribution in [1.29, 1.82) is 0 Å². The molecular weight excluding hydrogens is 288 g/mol. The molecule has 0 bridgehead atoms. The molecule has 1 aliphatic rings. The second-order valence-electron chi connectivity index (χ2n) is 5.31. The van der Waals surface area contributed by atoms with E-state index in [1.807, 2.05) is 30.3 Å². The van der Waals surface area contributed by atoms with Crippen molar-refractivity contribution in [2.24, 2.45) is 0 Å². The summed E-state index contributed by atoms with van der Waals surface area (Å²) in [4.78, 5) is 11.4. The van der Waals surface area contributed by atoms with Gasteiger partial charge in [-0.25, -0.2) is 0 Å². The van der Waals surface area contributed by atoms with Crippen molar-refractivity contribution in [3.8, 4) is 5.75 Å². The zero-order valence-corrected chi connectivity index (χ0v) is 12.1. The summed E-state index contributed by atoms with van der Waals surface area (Å²) in [5.74, 6) is -0.246. The van der Waals surface area contributed by atoms with E-state index in [0.717, 1.165) is 11.1 Å². The average Bonchev–Trinajstić information content (AvgIpc) is 3.29. The van der Waals surface area contributed by atoms with E-state index in [1.165, 1.54) is 0 Å². The van der Waals surface area contributed by atoms with Crippen molar-refractivity contribution in [2.75, 3.05) is 0 Å². The summed E-state index contributed by atoms with van der Waals surface area (Å²) in [6.07, 6.45) is 1.34. The summed E-state index contributed by atoms with van der Waals surface area (Å²) in [5.41, 5.74) is 1.07. The molecule has 21 heavy (non-hydrogen) atoms. The van der Waals surface area contributed by atoms with Crippen molar-refractivity contribution >= 4 is 17.6 Å². The van der Waals surface area contributed by atoms with Crippen LogP contribution in [0.1, 0.15) is 24.0 Å². The number of carbonyl (C=O) groups is 1. The van der Waals surface area contributed by atoms with Crippen molar-refractivity contribution in [1.82, 2.24) is 0 Å². The lowest BCUT2D eigenvalue weighted by Gasteiger charge is -2.14. The van der Waals surface area contributed by atoms with Gasteiger partial charge in [0.05, 0.1) is 10.4 Å². The number of halogens is 1. The standard InChI is InChI=1S/C17H15ClO3/c18-14-7-6-13(17(8-9-17)16(19)20)10-15(14)21-11-12-4-2-1-3-5-12/h1-7,10H,8-9,11H2,(H,19,20). The molecule has 0 heterocycles. The fourth-order valence-corrected chi connectivity index (χ4v) is 2.57. The second-order valence-corrected chi connectivity index (χ2v) is 5.71. The van der Waals surface area contributed by atoms with E-state index in [9.17, 15) is 9.90 Å². The highest BCUT2D eigenvalue weighted by Gasteiger charge is 2.51. The van der Waals surface area contributed by atoms with Crippen molar-refractivity contribution < 1.29 is 14.6 Å². The third-order valence-corrected chi connectivity index (χ3v) is 4.19. The molecule has 0 unspecified atom stereocenters. The molecule has 0 radical (unpaired) electrons. The van der Waals surface area contributed by atoms with E-state index in [-0.39, 0.29) is 0 Å². The Hall–Kier alpha value is -2.00. The molecule has 2 aromatic rings. The molecular formula is C17H15ClO3. The normalized spacial score (nSPS) is 15.5. The Morgan fingerprint density at radius 3 is 2.52 bits per heavy atom. The summed E-state index contributed by atoms with van der Waals surface area (Å²) in [6.45, 7) is 0.407. The molecule has 0 spiro atoms. The van der Waals surface area contributed by atoms with Crippen LogP contribution in [0.25, 0.3) is 0 Å². The first-order valence-electron chi connectivity index (χ1n) is 6.82. The predicted octanol–water partition coefficient (Wildman–Crippen LogP) is 4.04. The van der Waals surface area contributed by atoms with Crippen molar-refractivity contribution in [2.45, 2.75) is 24.9 Å². The Kier molecular flexibility index (Phi) is 3.60. The maximum absolute atomic E-state index is 11.4. The van der Waals surface area contributed by atoms with Crippen LogP contribution in [0.4, 0.5) is 0 Å². The molecule has 1 aliphatic carbocycles. The van der Waals surface area contributed by atoms with Gasteiger partial charge in [0.25, 0.3) is 0 Å². The fourth-order valence-electron chi connectivity index (χ4n) is 2.40. The van der Waals surface area contributed by atoms with Crippen LogP contribution in [0.5, 0.6) is 5.75 Å². The van der Waals surface area contributed by atoms with Gasteiger partial charge in [-0.15, -0.1) is 0 Å². The molecule has 0 aromatic heterocycles. The summed E-state index contributed by atoms with van der Waals surface area (Å²) in [5, 5.41) is 9.85. The number of aliphatic carboxylic acids is 1. The lowest BCUT2D eigenvalue weighted by Crippen LogP contribution is -2.19. The smallest absolute Gasteiger partial charge is 0.314 e. The molecule has 3 nitrogen and oxygen atoms in total. The van der Waals surface area contributed by atoms with E-state index in [2.05, 4.69) is 0 Å². The molecule has 0 aliphatic heterocycles. The molecule has 3 rings (SSSR count). The number of ether oxygens (including phenoxy) is 1. The quantitative estimate of drug-likeness (QED) is 0.907. The minimum atomic E-state index is -0.779. The van der Waals surface area contributed by atoms with E-state index in [4.69, 9.17) is 16.3 Å². The highest BCUT2D eigenvalue weighted by Crippen LogP contribution is 2.49. The SMILES string of the molecule is O=C(O)C1(c2ccc(Cl)c(OCc3ccccc3)c2)CC1. The molecule has 0 atom stereocenters. The van der Waals surface area contributed by atoms with Crippen LogP contribution in [0.2, 0.25) is 5.02 Å². The first-order chi connectivity index (χ1) is 10.1. The summed E-state index contributed by atoms with van der Waals surface area (Å²) >= 11 is 6.14.